The second-order valence-electron chi connectivity index (χ2n) is 4.61. The van der Waals surface area contributed by atoms with Crippen molar-refractivity contribution in [2.45, 2.75) is 5.75 Å². The molecule has 0 aliphatic rings. The van der Waals surface area contributed by atoms with Crippen molar-refractivity contribution >= 4 is 11.8 Å². The molecule has 0 aliphatic carbocycles. The SMILES string of the molecule is CSCc1cc(Oc2ccccc2)ccc1-n1ccnc1. The molecular formula is C17H16N2OS. The van der Waals surface area contributed by atoms with Gasteiger partial charge in [0.2, 0.25) is 0 Å². The molecule has 0 N–H and O–H groups in total. The summed E-state index contributed by atoms with van der Waals surface area (Å²) >= 11 is 1.79. The molecule has 0 spiro atoms. The number of aromatic nitrogens is 2. The fraction of sp³-hybridized carbons (Fsp3) is 0.118. The molecule has 0 aliphatic heterocycles. The molecular weight excluding hydrogens is 280 g/mol. The van der Waals surface area contributed by atoms with Gasteiger partial charge >= 0.3 is 0 Å². The maximum atomic E-state index is 5.90. The predicted molar refractivity (Wildman–Crippen MR) is 87.3 cm³/mol. The minimum atomic E-state index is 0.850. The van der Waals surface area contributed by atoms with Crippen molar-refractivity contribution in [1.29, 1.82) is 0 Å². The first-order chi connectivity index (χ1) is 10.4. The summed E-state index contributed by atoms with van der Waals surface area (Å²) in [6, 6.07) is 16.0. The van der Waals surface area contributed by atoms with E-state index in [-0.39, 0.29) is 0 Å². The van der Waals surface area contributed by atoms with Crippen LogP contribution in [0.2, 0.25) is 0 Å². The van der Waals surface area contributed by atoms with Crippen LogP contribution in [0.5, 0.6) is 11.5 Å². The first-order valence-corrected chi connectivity index (χ1v) is 8.09. The molecule has 0 saturated carbocycles. The Kier molecular flexibility index (Phi) is 4.26. The number of nitrogens with zero attached hydrogens (tertiary/aromatic N) is 2. The molecule has 0 unspecified atom stereocenters. The fourth-order valence-electron chi connectivity index (χ4n) is 2.17. The smallest absolute Gasteiger partial charge is 0.127 e. The van der Waals surface area contributed by atoms with Gasteiger partial charge in [-0.15, -0.1) is 0 Å². The van der Waals surface area contributed by atoms with Crippen LogP contribution in [0.4, 0.5) is 0 Å². The summed E-state index contributed by atoms with van der Waals surface area (Å²) < 4.78 is 7.93. The van der Waals surface area contributed by atoms with Gasteiger partial charge in [0.25, 0.3) is 0 Å². The van der Waals surface area contributed by atoms with Crippen LogP contribution in [0.3, 0.4) is 0 Å². The molecule has 3 rings (SSSR count). The second-order valence-corrected chi connectivity index (χ2v) is 5.47. The Morgan fingerprint density at radius 2 is 1.95 bits per heavy atom. The number of hydrogen-bond acceptors (Lipinski definition) is 3. The number of benzene rings is 2. The van der Waals surface area contributed by atoms with Crippen LogP contribution in [-0.4, -0.2) is 15.8 Å². The minimum absolute atomic E-state index is 0.850. The summed E-state index contributed by atoms with van der Waals surface area (Å²) in [4.78, 5) is 4.11. The predicted octanol–water partition coefficient (Wildman–Crippen LogP) is 4.53. The lowest BCUT2D eigenvalue weighted by Crippen LogP contribution is -1.97. The number of ether oxygens (including phenoxy) is 1. The first kappa shape index (κ1) is 13.8. The standard InChI is InChI=1S/C17H16N2OS/c1-21-12-14-11-16(20-15-5-3-2-4-6-15)7-8-17(14)19-10-9-18-13-19/h2-11,13H,12H2,1H3. The van der Waals surface area contributed by atoms with Gasteiger partial charge in [-0.05, 0) is 42.2 Å². The maximum Gasteiger partial charge on any atom is 0.127 e. The quantitative estimate of drug-likeness (QED) is 0.692. The van der Waals surface area contributed by atoms with E-state index in [0.29, 0.717) is 0 Å². The molecule has 1 heterocycles. The zero-order valence-electron chi connectivity index (χ0n) is 11.8. The topological polar surface area (TPSA) is 27.1 Å². The van der Waals surface area contributed by atoms with Crippen molar-refractivity contribution in [3.8, 4) is 17.2 Å². The summed E-state index contributed by atoms with van der Waals surface area (Å²) in [5.74, 6) is 2.64. The summed E-state index contributed by atoms with van der Waals surface area (Å²) in [6.07, 6.45) is 7.66. The molecule has 4 heteroatoms. The van der Waals surface area contributed by atoms with Crippen LogP contribution < -0.4 is 4.74 Å². The number of imidazole rings is 1. The zero-order valence-corrected chi connectivity index (χ0v) is 12.6. The van der Waals surface area contributed by atoms with E-state index in [1.165, 1.54) is 5.56 Å². The van der Waals surface area contributed by atoms with Crippen molar-refractivity contribution in [1.82, 2.24) is 9.55 Å². The highest BCUT2D eigenvalue weighted by Crippen LogP contribution is 2.27. The van der Waals surface area contributed by atoms with Crippen molar-refractivity contribution in [2.75, 3.05) is 6.26 Å². The average molecular weight is 296 g/mol. The third kappa shape index (κ3) is 3.28. The van der Waals surface area contributed by atoms with Crippen molar-refractivity contribution < 1.29 is 4.74 Å². The second kappa shape index (κ2) is 6.50. The highest BCUT2D eigenvalue weighted by molar-refractivity contribution is 7.97. The van der Waals surface area contributed by atoms with E-state index in [9.17, 15) is 0 Å². The van der Waals surface area contributed by atoms with Crippen LogP contribution in [0.15, 0.2) is 67.3 Å². The van der Waals surface area contributed by atoms with Crippen molar-refractivity contribution in [3.63, 3.8) is 0 Å². The summed E-state index contributed by atoms with van der Waals surface area (Å²) in [5.41, 5.74) is 2.37. The number of para-hydroxylation sites is 1. The minimum Gasteiger partial charge on any atom is -0.457 e. The van der Waals surface area contributed by atoms with Crippen LogP contribution in [-0.2, 0) is 5.75 Å². The fourth-order valence-corrected chi connectivity index (χ4v) is 2.72. The third-order valence-corrected chi connectivity index (χ3v) is 3.71. The van der Waals surface area contributed by atoms with Crippen LogP contribution in [0.1, 0.15) is 5.56 Å². The number of hydrogen-bond donors (Lipinski definition) is 0. The van der Waals surface area contributed by atoms with Crippen molar-refractivity contribution in [3.05, 3.63) is 72.8 Å². The molecule has 0 amide bonds. The Morgan fingerprint density at radius 3 is 2.67 bits per heavy atom. The van der Waals surface area contributed by atoms with E-state index in [4.69, 9.17) is 4.74 Å². The van der Waals surface area contributed by atoms with Gasteiger partial charge in [-0.1, -0.05) is 18.2 Å². The molecule has 3 nitrogen and oxygen atoms in total. The van der Waals surface area contributed by atoms with Gasteiger partial charge in [0.1, 0.15) is 11.5 Å². The van der Waals surface area contributed by atoms with Gasteiger partial charge in [-0.2, -0.15) is 11.8 Å². The van der Waals surface area contributed by atoms with Crippen LogP contribution >= 0.6 is 11.8 Å². The zero-order chi connectivity index (χ0) is 14.5. The Bertz CT molecular complexity index is 696. The molecule has 0 radical (unpaired) electrons. The summed E-state index contributed by atoms with van der Waals surface area (Å²) in [7, 11) is 0. The Labute approximate surface area is 128 Å². The largest absolute Gasteiger partial charge is 0.457 e. The summed E-state index contributed by atoms with van der Waals surface area (Å²) in [6.45, 7) is 0. The van der Waals surface area contributed by atoms with Gasteiger partial charge in [0.15, 0.2) is 0 Å². The molecule has 0 bridgehead atoms. The van der Waals surface area contributed by atoms with Gasteiger partial charge < -0.3 is 9.30 Å². The van der Waals surface area contributed by atoms with Crippen LogP contribution in [0, 0.1) is 0 Å². The highest BCUT2D eigenvalue weighted by Gasteiger charge is 2.07. The monoisotopic (exact) mass is 296 g/mol. The molecule has 3 aromatic rings. The Balaban J connectivity index is 1.92. The van der Waals surface area contributed by atoms with E-state index in [1.807, 2.05) is 53.5 Å². The lowest BCUT2D eigenvalue weighted by atomic mass is 10.2. The normalized spacial score (nSPS) is 10.5. The maximum absolute atomic E-state index is 5.90. The van der Waals surface area contributed by atoms with Gasteiger partial charge in [-0.3, -0.25) is 0 Å². The number of thioether (sulfide) groups is 1. The van der Waals surface area contributed by atoms with E-state index >= 15 is 0 Å². The lowest BCUT2D eigenvalue weighted by Gasteiger charge is -2.12. The van der Waals surface area contributed by atoms with E-state index in [0.717, 1.165) is 22.9 Å². The van der Waals surface area contributed by atoms with Gasteiger partial charge in [-0.25, -0.2) is 4.98 Å². The average Bonchev–Trinajstić information content (AvgIpc) is 3.03. The molecule has 0 fully saturated rings. The van der Waals surface area contributed by atoms with E-state index in [2.05, 4.69) is 23.4 Å². The van der Waals surface area contributed by atoms with Crippen molar-refractivity contribution in [2.24, 2.45) is 0 Å². The van der Waals surface area contributed by atoms with E-state index in [1.54, 1.807) is 18.0 Å². The summed E-state index contributed by atoms with van der Waals surface area (Å²) in [5, 5.41) is 0. The van der Waals surface area contributed by atoms with Crippen LogP contribution in [0.25, 0.3) is 5.69 Å². The molecule has 0 atom stereocenters. The first-order valence-electron chi connectivity index (χ1n) is 6.70. The lowest BCUT2D eigenvalue weighted by molar-refractivity contribution is 0.482. The molecule has 106 valence electrons. The highest BCUT2D eigenvalue weighted by atomic mass is 32.2. The van der Waals surface area contributed by atoms with Gasteiger partial charge in [0, 0.05) is 18.1 Å². The van der Waals surface area contributed by atoms with E-state index < -0.39 is 0 Å². The molecule has 0 saturated heterocycles. The molecule has 21 heavy (non-hydrogen) atoms. The third-order valence-electron chi connectivity index (χ3n) is 3.11. The number of rotatable bonds is 5. The Morgan fingerprint density at radius 1 is 1.10 bits per heavy atom. The molecule has 2 aromatic carbocycles. The molecule has 1 aromatic heterocycles. The Hall–Kier alpha value is -2.20. The van der Waals surface area contributed by atoms with Gasteiger partial charge in [0.05, 0.1) is 12.0 Å².